The van der Waals surface area contributed by atoms with E-state index in [2.05, 4.69) is 19.1 Å². The molecule has 1 N–H and O–H groups in total. The van der Waals surface area contributed by atoms with Gasteiger partial charge in [-0.25, -0.2) is 4.79 Å². The van der Waals surface area contributed by atoms with E-state index in [0.29, 0.717) is 31.0 Å². The second-order valence-electron chi connectivity index (χ2n) is 8.78. The van der Waals surface area contributed by atoms with Crippen LogP contribution >= 0.6 is 0 Å². The maximum Gasteiger partial charge on any atom is 0.332 e. The molecule has 0 radical (unpaired) electrons. The van der Waals surface area contributed by atoms with Gasteiger partial charge < -0.3 is 14.6 Å². The second-order valence-corrected chi connectivity index (χ2v) is 8.78. The van der Waals surface area contributed by atoms with E-state index in [1.54, 1.807) is 0 Å². The lowest BCUT2D eigenvalue weighted by Gasteiger charge is -2.29. The van der Waals surface area contributed by atoms with Crippen molar-refractivity contribution in [1.82, 2.24) is 0 Å². The highest BCUT2D eigenvalue weighted by molar-refractivity contribution is 5.70. The minimum Gasteiger partial charge on any atom is -0.464 e. The summed E-state index contributed by atoms with van der Waals surface area (Å²) < 4.78 is 10.7. The number of aliphatic hydroxyl groups is 1. The molecule has 4 heteroatoms. The third-order valence-corrected chi connectivity index (χ3v) is 6.49. The molecular weight excluding hydrogens is 364 g/mol. The fraction of sp³-hybridized carbons (Fsp3) is 0.800. The maximum absolute atomic E-state index is 11.6. The van der Waals surface area contributed by atoms with E-state index < -0.39 is 0 Å². The van der Waals surface area contributed by atoms with Crippen molar-refractivity contribution >= 4 is 5.97 Å². The van der Waals surface area contributed by atoms with Gasteiger partial charge >= 0.3 is 5.97 Å². The van der Waals surface area contributed by atoms with Crippen molar-refractivity contribution in [2.75, 3.05) is 19.8 Å². The third-order valence-electron chi connectivity index (χ3n) is 6.49. The molecule has 3 atom stereocenters. The largest absolute Gasteiger partial charge is 0.464 e. The van der Waals surface area contributed by atoms with Crippen LogP contribution in [0.4, 0.5) is 0 Å². The molecule has 0 aromatic rings. The minimum absolute atomic E-state index is 0.0682. The lowest BCUT2D eigenvalue weighted by Crippen LogP contribution is -2.21. The van der Waals surface area contributed by atoms with Crippen LogP contribution in [0.15, 0.2) is 24.3 Å². The van der Waals surface area contributed by atoms with Crippen molar-refractivity contribution in [2.24, 2.45) is 17.8 Å². The SMILES string of the molecule is CCCCOC(=O)COCC[C@H]1CCCC[C@H]1/C=C/C=C/[C@@H](O)C1CCCCC1. The quantitative estimate of drug-likeness (QED) is 0.260. The molecule has 0 heterocycles. The van der Waals surface area contributed by atoms with Gasteiger partial charge in [-0.2, -0.15) is 0 Å². The highest BCUT2D eigenvalue weighted by Gasteiger charge is 2.23. The van der Waals surface area contributed by atoms with E-state index in [9.17, 15) is 9.90 Å². The van der Waals surface area contributed by atoms with Crippen LogP contribution in [0, 0.1) is 17.8 Å². The average Bonchev–Trinajstić information content (AvgIpc) is 2.75. The molecule has 2 saturated carbocycles. The van der Waals surface area contributed by atoms with Gasteiger partial charge in [0.25, 0.3) is 0 Å². The van der Waals surface area contributed by atoms with Crippen LogP contribution in [-0.2, 0) is 14.3 Å². The first-order valence-electron chi connectivity index (χ1n) is 12.0. The Kier molecular flexibility index (Phi) is 12.3. The Morgan fingerprint density at radius 1 is 1.03 bits per heavy atom. The molecule has 29 heavy (non-hydrogen) atoms. The van der Waals surface area contributed by atoms with Gasteiger partial charge in [0.1, 0.15) is 6.61 Å². The Morgan fingerprint density at radius 3 is 2.59 bits per heavy atom. The molecule has 4 nitrogen and oxygen atoms in total. The molecule has 0 aromatic heterocycles. The Labute approximate surface area is 177 Å². The van der Waals surface area contributed by atoms with Crippen LogP contribution in [0.25, 0.3) is 0 Å². The summed E-state index contributed by atoms with van der Waals surface area (Å²) in [6.45, 7) is 3.26. The predicted molar refractivity (Wildman–Crippen MR) is 118 cm³/mol. The smallest absolute Gasteiger partial charge is 0.332 e. The van der Waals surface area contributed by atoms with Crippen molar-refractivity contribution < 1.29 is 19.4 Å². The van der Waals surface area contributed by atoms with Gasteiger partial charge in [0.15, 0.2) is 0 Å². The number of ether oxygens (including phenoxy) is 2. The summed E-state index contributed by atoms with van der Waals surface area (Å²) >= 11 is 0. The number of hydrogen-bond donors (Lipinski definition) is 1. The molecule has 0 saturated heterocycles. The Morgan fingerprint density at radius 2 is 1.79 bits per heavy atom. The molecule has 0 aliphatic heterocycles. The molecule has 0 amide bonds. The molecule has 166 valence electrons. The van der Waals surface area contributed by atoms with E-state index in [0.717, 1.165) is 32.1 Å². The average molecular weight is 407 g/mol. The third kappa shape index (κ3) is 9.95. The molecule has 2 rings (SSSR count). The zero-order valence-corrected chi connectivity index (χ0v) is 18.4. The fourth-order valence-electron chi connectivity index (χ4n) is 4.63. The van der Waals surface area contributed by atoms with Gasteiger partial charge in [-0.15, -0.1) is 0 Å². The maximum atomic E-state index is 11.6. The van der Waals surface area contributed by atoms with Crippen molar-refractivity contribution in [2.45, 2.75) is 90.1 Å². The van der Waals surface area contributed by atoms with Crippen LogP contribution in [0.3, 0.4) is 0 Å². The highest BCUT2D eigenvalue weighted by Crippen LogP contribution is 2.33. The first-order chi connectivity index (χ1) is 14.2. The van der Waals surface area contributed by atoms with Gasteiger partial charge in [-0.1, -0.05) is 69.8 Å². The molecule has 0 aromatic carbocycles. The molecule has 0 unspecified atom stereocenters. The lowest BCUT2D eigenvalue weighted by atomic mass is 9.77. The van der Waals surface area contributed by atoms with E-state index in [-0.39, 0.29) is 18.7 Å². The fourth-order valence-corrected chi connectivity index (χ4v) is 4.63. The first-order valence-corrected chi connectivity index (χ1v) is 12.0. The second kappa shape index (κ2) is 14.8. The number of carbonyl (C=O) groups is 1. The van der Waals surface area contributed by atoms with Crippen LogP contribution in [0.1, 0.15) is 84.0 Å². The Balaban J connectivity index is 1.66. The number of unbranched alkanes of at least 4 members (excludes halogenated alkanes) is 1. The normalized spacial score (nSPS) is 24.9. The van der Waals surface area contributed by atoms with Gasteiger partial charge in [0, 0.05) is 6.61 Å². The zero-order valence-electron chi connectivity index (χ0n) is 18.4. The number of esters is 1. The summed E-state index contributed by atoms with van der Waals surface area (Å²) in [5.41, 5.74) is 0. The summed E-state index contributed by atoms with van der Waals surface area (Å²) in [7, 11) is 0. The molecule has 2 fully saturated rings. The Hall–Kier alpha value is -1.13. The highest BCUT2D eigenvalue weighted by atomic mass is 16.6. The molecular formula is C25H42O4. The number of carbonyl (C=O) groups excluding carboxylic acids is 1. The van der Waals surface area contributed by atoms with E-state index >= 15 is 0 Å². The summed E-state index contributed by atoms with van der Waals surface area (Å²) in [5.74, 6) is 1.38. The number of allylic oxidation sites excluding steroid dienone is 3. The van der Waals surface area contributed by atoms with Gasteiger partial charge in [0.05, 0.1) is 12.7 Å². The zero-order chi connectivity index (χ0) is 20.7. The summed E-state index contributed by atoms with van der Waals surface area (Å²) in [6.07, 6.45) is 22.2. The molecule has 2 aliphatic rings. The molecule has 2 aliphatic carbocycles. The number of rotatable bonds is 12. The summed E-state index contributed by atoms with van der Waals surface area (Å²) in [6, 6.07) is 0. The monoisotopic (exact) mass is 406 g/mol. The van der Waals surface area contributed by atoms with Crippen molar-refractivity contribution in [3.8, 4) is 0 Å². The summed E-state index contributed by atoms with van der Waals surface area (Å²) in [4.78, 5) is 11.6. The number of hydrogen-bond acceptors (Lipinski definition) is 4. The van der Waals surface area contributed by atoms with Crippen LogP contribution in [0.2, 0.25) is 0 Å². The molecule has 0 bridgehead atoms. The topological polar surface area (TPSA) is 55.8 Å². The standard InChI is InChI=1S/C25H42O4/c1-2-3-18-29-25(27)20-28-19-17-22-13-8-7-11-21(22)12-9-10-16-24(26)23-14-5-4-6-15-23/h9-10,12,16,21-24,26H,2-8,11,13-15,17-20H2,1H3/b12-9+,16-10+/t21-,22+,24+/m0/s1. The van der Waals surface area contributed by atoms with E-state index in [1.165, 1.54) is 44.9 Å². The lowest BCUT2D eigenvalue weighted by molar-refractivity contribution is -0.149. The van der Waals surface area contributed by atoms with Gasteiger partial charge in [0.2, 0.25) is 0 Å². The van der Waals surface area contributed by atoms with Crippen LogP contribution < -0.4 is 0 Å². The predicted octanol–water partition coefficient (Wildman–Crippen LogP) is 5.60. The van der Waals surface area contributed by atoms with Gasteiger partial charge in [-0.3, -0.25) is 0 Å². The van der Waals surface area contributed by atoms with Crippen molar-refractivity contribution in [1.29, 1.82) is 0 Å². The molecule has 0 spiro atoms. The Bertz CT molecular complexity index is 493. The van der Waals surface area contributed by atoms with Crippen molar-refractivity contribution in [3.05, 3.63) is 24.3 Å². The minimum atomic E-state index is -0.299. The van der Waals surface area contributed by atoms with Crippen LogP contribution in [0.5, 0.6) is 0 Å². The number of aliphatic hydroxyl groups excluding tert-OH is 1. The van der Waals surface area contributed by atoms with Gasteiger partial charge in [-0.05, 0) is 56.3 Å². The first kappa shape index (κ1) is 24.1. The van der Waals surface area contributed by atoms with Crippen LogP contribution in [-0.4, -0.2) is 37.0 Å². The van der Waals surface area contributed by atoms with E-state index in [1.807, 2.05) is 12.2 Å². The van der Waals surface area contributed by atoms with Crippen molar-refractivity contribution in [3.63, 3.8) is 0 Å². The van der Waals surface area contributed by atoms with E-state index in [4.69, 9.17) is 9.47 Å². The summed E-state index contributed by atoms with van der Waals surface area (Å²) in [5, 5.41) is 10.3.